The van der Waals surface area contributed by atoms with Gasteiger partial charge in [-0.05, 0) is 89.6 Å². The molecule has 0 bridgehead atoms. The molecular formula is C38H47FN6O6S. The van der Waals surface area contributed by atoms with Crippen LogP contribution in [0.5, 0.6) is 6.01 Å². The van der Waals surface area contributed by atoms with E-state index in [1.807, 2.05) is 56.3 Å². The number of hydrogen-bond acceptors (Lipinski definition) is 8. The Morgan fingerprint density at radius 1 is 1.10 bits per heavy atom. The number of hydrogen-bond donors (Lipinski definition) is 3. The van der Waals surface area contributed by atoms with Crippen LogP contribution in [0.25, 0.3) is 11.0 Å². The smallest absolute Gasteiger partial charge is 0.297 e. The lowest BCUT2D eigenvalue weighted by molar-refractivity contribution is -0.140. The number of halogens is 1. The Balaban J connectivity index is 1.21. The molecule has 4 aliphatic rings. The van der Waals surface area contributed by atoms with Crippen molar-refractivity contribution in [1.82, 2.24) is 24.5 Å². The predicted molar refractivity (Wildman–Crippen MR) is 194 cm³/mol. The second-order valence-electron chi connectivity index (χ2n) is 15.3. The molecule has 3 amide bonds. The Bertz CT molecular complexity index is 2000. The zero-order valence-electron chi connectivity index (χ0n) is 29.8. The van der Waals surface area contributed by atoms with Gasteiger partial charge >= 0.3 is 0 Å². The Morgan fingerprint density at radius 2 is 1.87 bits per heavy atom. The standard InChI is InChI=1S/C38H47FN6O6S/c1-24(2)45-31-20-26(39)16-17-29(31)41-36(45)51-28-21-32-33(46)42-38(35(48)43-52(49,50)37(3)18-19-37)22-25(38)12-8-5-4-6-11-15-30(34(47)44(32)23-28)40-27-13-9-7-10-14-27/h7-10,12-14,16-17,20,24-25,28,30,32,40H,4-6,11,15,18-19,21-23H2,1-3H3,(H,42,46)(H,43,48)/b12-8-/t25-,28-,30+,32+,38-/m1/s1. The van der Waals surface area contributed by atoms with Crippen molar-refractivity contribution in [2.24, 2.45) is 5.92 Å². The van der Waals surface area contributed by atoms with Crippen LogP contribution in [0.1, 0.15) is 84.6 Å². The zero-order chi connectivity index (χ0) is 36.8. The number of fused-ring (bicyclic) bond motifs is 3. The molecule has 2 saturated carbocycles. The first-order chi connectivity index (χ1) is 24.8. The summed E-state index contributed by atoms with van der Waals surface area (Å²) >= 11 is 0. The van der Waals surface area contributed by atoms with Gasteiger partial charge in [0.2, 0.25) is 21.8 Å². The molecule has 2 aliphatic carbocycles. The summed E-state index contributed by atoms with van der Waals surface area (Å²) in [6, 6.07) is 12.2. The predicted octanol–water partition coefficient (Wildman–Crippen LogP) is 4.98. The maximum absolute atomic E-state index is 14.6. The van der Waals surface area contributed by atoms with E-state index in [-0.39, 0.29) is 37.3 Å². The van der Waals surface area contributed by atoms with E-state index < -0.39 is 62.0 Å². The van der Waals surface area contributed by atoms with E-state index in [4.69, 9.17) is 4.74 Å². The van der Waals surface area contributed by atoms with Crippen molar-refractivity contribution in [3.05, 3.63) is 66.5 Å². The van der Waals surface area contributed by atoms with Crippen LogP contribution in [0.3, 0.4) is 0 Å². The lowest BCUT2D eigenvalue weighted by Gasteiger charge is -2.30. The number of carbonyl (C=O) groups excluding carboxylic acids is 3. The highest BCUT2D eigenvalue weighted by molar-refractivity contribution is 7.91. The summed E-state index contributed by atoms with van der Waals surface area (Å²) in [6.07, 6.45) is 8.28. The fourth-order valence-electron chi connectivity index (χ4n) is 7.46. The van der Waals surface area contributed by atoms with E-state index in [0.29, 0.717) is 30.3 Å². The molecule has 1 aromatic heterocycles. The van der Waals surface area contributed by atoms with E-state index in [0.717, 1.165) is 31.4 Å². The van der Waals surface area contributed by atoms with Crippen LogP contribution in [-0.4, -0.2) is 75.6 Å². The van der Waals surface area contributed by atoms with Crippen molar-refractivity contribution in [1.29, 1.82) is 0 Å². The van der Waals surface area contributed by atoms with Crippen LogP contribution in [0.2, 0.25) is 0 Å². The molecule has 52 heavy (non-hydrogen) atoms. The summed E-state index contributed by atoms with van der Waals surface area (Å²) in [5.41, 5.74) is 0.413. The fraction of sp³-hybridized carbons (Fsp3) is 0.526. The van der Waals surface area contributed by atoms with E-state index in [1.165, 1.54) is 17.0 Å². The number of aromatic nitrogens is 2. The maximum atomic E-state index is 14.6. The lowest BCUT2D eigenvalue weighted by Crippen LogP contribution is -2.58. The second kappa shape index (κ2) is 13.8. The van der Waals surface area contributed by atoms with Gasteiger partial charge in [0.25, 0.3) is 11.9 Å². The molecule has 3 heterocycles. The van der Waals surface area contributed by atoms with Crippen LogP contribution >= 0.6 is 0 Å². The van der Waals surface area contributed by atoms with Crippen molar-refractivity contribution in [3.63, 3.8) is 0 Å². The molecule has 3 fully saturated rings. The fourth-order valence-corrected chi connectivity index (χ4v) is 8.77. The van der Waals surface area contributed by atoms with Crippen molar-refractivity contribution >= 4 is 44.5 Å². The Morgan fingerprint density at radius 3 is 2.60 bits per heavy atom. The number of anilines is 1. The molecule has 0 unspecified atom stereocenters. The minimum atomic E-state index is -3.96. The van der Waals surface area contributed by atoms with E-state index in [9.17, 15) is 27.2 Å². The number of benzene rings is 2. The zero-order valence-corrected chi connectivity index (χ0v) is 30.6. The van der Waals surface area contributed by atoms with Gasteiger partial charge in [-0.2, -0.15) is 4.98 Å². The summed E-state index contributed by atoms with van der Waals surface area (Å²) in [5, 5.41) is 6.32. The van der Waals surface area contributed by atoms with Gasteiger partial charge in [-0.15, -0.1) is 0 Å². The first-order valence-electron chi connectivity index (χ1n) is 18.3. The Kier molecular flexibility index (Phi) is 9.55. The average molecular weight is 735 g/mol. The molecule has 2 aliphatic heterocycles. The summed E-state index contributed by atoms with van der Waals surface area (Å²) in [7, 11) is -3.96. The van der Waals surface area contributed by atoms with Gasteiger partial charge in [-0.3, -0.25) is 23.7 Å². The SMILES string of the molecule is CC(C)n1c(O[C@@H]2C[C@H]3C(=O)N[C@]4(C(=O)NS(=O)(=O)C5(C)CC5)C[C@H]4/C=C\CCCCC[C@H](Nc4ccccc4)C(=O)N3C2)nc2ccc(F)cc21. The highest BCUT2D eigenvalue weighted by atomic mass is 32.2. The first-order valence-corrected chi connectivity index (χ1v) is 19.8. The van der Waals surface area contributed by atoms with E-state index in [2.05, 4.69) is 20.3 Å². The minimum Gasteiger partial charge on any atom is -0.459 e. The Labute approximate surface area is 303 Å². The number of nitrogens with zero attached hydrogens (tertiary/aromatic N) is 3. The number of allylic oxidation sites excluding steroid dienone is 1. The number of para-hydroxylation sites is 1. The molecule has 3 N–H and O–H groups in total. The number of amides is 3. The van der Waals surface area contributed by atoms with Gasteiger partial charge < -0.3 is 20.3 Å². The molecule has 7 rings (SSSR count). The number of carbonyl (C=O) groups is 3. The molecule has 12 nitrogen and oxygen atoms in total. The largest absolute Gasteiger partial charge is 0.459 e. The van der Waals surface area contributed by atoms with Gasteiger partial charge in [-0.1, -0.05) is 43.2 Å². The maximum Gasteiger partial charge on any atom is 0.297 e. The van der Waals surface area contributed by atoms with Gasteiger partial charge in [0.05, 0.1) is 22.3 Å². The molecule has 1 saturated heterocycles. The number of sulfonamides is 1. The number of nitrogens with one attached hydrogen (secondary N) is 3. The van der Waals surface area contributed by atoms with Crippen LogP contribution in [0.4, 0.5) is 10.1 Å². The van der Waals surface area contributed by atoms with Gasteiger partial charge in [0, 0.05) is 24.1 Å². The number of imidazole rings is 1. The quantitative estimate of drug-likeness (QED) is 0.274. The van der Waals surface area contributed by atoms with E-state index in [1.54, 1.807) is 17.6 Å². The molecule has 0 spiro atoms. The highest BCUT2D eigenvalue weighted by Crippen LogP contribution is 2.47. The van der Waals surface area contributed by atoms with Crippen molar-refractivity contribution in [2.45, 2.75) is 113 Å². The van der Waals surface area contributed by atoms with Gasteiger partial charge in [0.1, 0.15) is 29.5 Å². The number of rotatable bonds is 8. The third kappa shape index (κ3) is 7.01. The molecule has 0 radical (unpaired) electrons. The van der Waals surface area contributed by atoms with Crippen LogP contribution in [-0.2, 0) is 24.4 Å². The number of ether oxygens (including phenoxy) is 1. The monoisotopic (exact) mass is 734 g/mol. The van der Waals surface area contributed by atoms with Crippen LogP contribution < -0.4 is 20.1 Å². The normalized spacial score (nSPS) is 28.2. The third-order valence-corrected chi connectivity index (χ3v) is 13.2. The van der Waals surface area contributed by atoms with Crippen molar-refractivity contribution in [3.8, 4) is 6.01 Å². The summed E-state index contributed by atoms with van der Waals surface area (Å²) < 4.78 is 50.1. The molecule has 3 aromatic rings. The van der Waals surface area contributed by atoms with Gasteiger partial charge in [0.15, 0.2) is 0 Å². The van der Waals surface area contributed by atoms with Crippen LogP contribution in [0, 0.1) is 11.7 Å². The molecular weight excluding hydrogens is 688 g/mol. The average Bonchev–Trinajstić information content (AvgIpc) is 3.93. The van der Waals surface area contributed by atoms with E-state index >= 15 is 0 Å². The topological polar surface area (TPSA) is 152 Å². The summed E-state index contributed by atoms with van der Waals surface area (Å²) in [4.78, 5) is 49.0. The summed E-state index contributed by atoms with van der Waals surface area (Å²) in [6.45, 7) is 5.53. The van der Waals surface area contributed by atoms with Gasteiger partial charge in [-0.25, -0.2) is 12.8 Å². The summed E-state index contributed by atoms with van der Waals surface area (Å²) in [5.74, 6) is -2.42. The molecule has 5 atom stereocenters. The molecule has 278 valence electrons. The van der Waals surface area contributed by atoms with Crippen LogP contribution in [0.15, 0.2) is 60.7 Å². The third-order valence-electron chi connectivity index (χ3n) is 11.0. The highest BCUT2D eigenvalue weighted by Gasteiger charge is 2.63. The Hall–Kier alpha value is -4.46. The lowest BCUT2D eigenvalue weighted by atomic mass is 10.0. The molecule has 14 heteroatoms. The van der Waals surface area contributed by atoms with Crippen molar-refractivity contribution < 1.29 is 31.9 Å². The second-order valence-corrected chi connectivity index (χ2v) is 17.5. The molecule has 2 aromatic carbocycles. The van der Waals surface area contributed by atoms with Crippen molar-refractivity contribution in [2.75, 3.05) is 11.9 Å². The minimum absolute atomic E-state index is 0.0643. The first kappa shape index (κ1) is 35.9.